The van der Waals surface area contributed by atoms with Gasteiger partial charge in [0.15, 0.2) is 6.29 Å². The van der Waals surface area contributed by atoms with Gasteiger partial charge in [0.1, 0.15) is 11.5 Å². The summed E-state index contributed by atoms with van der Waals surface area (Å²) in [6.45, 7) is 6.34. The molecule has 3 nitrogen and oxygen atoms in total. The Balaban J connectivity index is 2.22. The maximum atomic E-state index is 11.0. The van der Waals surface area contributed by atoms with Gasteiger partial charge in [-0.3, -0.25) is 4.79 Å². The zero-order chi connectivity index (χ0) is 15.4. The maximum Gasteiger partial charge on any atom is 0.153 e. The van der Waals surface area contributed by atoms with Crippen LogP contribution in [0.4, 0.5) is 0 Å². The first-order chi connectivity index (χ1) is 10.1. The summed E-state index contributed by atoms with van der Waals surface area (Å²) in [7, 11) is 1.56. The predicted molar refractivity (Wildman–Crippen MR) is 84.0 cm³/mol. The molecule has 0 spiro atoms. The number of hydrogen-bond donors (Lipinski definition) is 1. The van der Waals surface area contributed by atoms with Crippen LogP contribution in [0.15, 0.2) is 35.9 Å². The van der Waals surface area contributed by atoms with E-state index in [1.54, 1.807) is 19.2 Å². The second-order valence-corrected chi connectivity index (χ2v) is 5.66. The van der Waals surface area contributed by atoms with Crippen molar-refractivity contribution in [3.63, 3.8) is 0 Å². The van der Waals surface area contributed by atoms with Gasteiger partial charge >= 0.3 is 0 Å². The van der Waals surface area contributed by atoms with E-state index in [4.69, 9.17) is 4.74 Å². The Morgan fingerprint density at radius 3 is 2.86 bits per heavy atom. The van der Waals surface area contributed by atoms with Crippen LogP contribution in [0.25, 0.3) is 0 Å². The second-order valence-electron chi connectivity index (χ2n) is 5.66. The van der Waals surface area contributed by atoms with Crippen molar-refractivity contribution in [3.8, 4) is 11.5 Å². The highest BCUT2D eigenvalue weighted by Crippen LogP contribution is 2.36. The highest BCUT2D eigenvalue weighted by atomic mass is 16.5. The Kier molecular flexibility index (Phi) is 4.84. The number of carbonyl (C=O) groups is 1. The van der Waals surface area contributed by atoms with Gasteiger partial charge in [-0.05, 0) is 44.2 Å². The Bertz CT molecular complexity index is 584. The van der Waals surface area contributed by atoms with Gasteiger partial charge in [0, 0.05) is 12.0 Å². The molecule has 0 aromatic heterocycles. The number of benzene rings is 1. The van der Waals surface area contributed by atoms with E-state index < -0.39 is 0 Å². The van der Waals surface area contributed by atoms with E-state index in [2.05, 4.69) is 19.6 Å². The lowest BCUT2D eigenvalue weighted by Crippen LogP contribution is -2.10. The van der Waals surface area contributed by atoms with E-state index in [-0.39, 0.29) is 11.3 Å². The van der Waals surface area contributed by atoms with Crippen molar-refractivity contribution in [2.75, 3.05) is 7.11 Å². The molecule has 0 fully saturated rings. The normalized spacial score (nSPS) is 18.0. The van der Waals surface area contributed by atoms with Crippen LogP contribution in [0, 0.1) is 5.92 Å². The summed E-state index contributed by atoms with van der Waals surface area (Å²) in [6.07, 6.45) is 6.65. The SMILES string of the molecule is C=C(Cc1c(OC)ccc(C=O)c1O)[C@H]1CC=C(C)CC1. The van der Waals surface area contributed by atoms with Crippen molar-refractivity contribution in [1.82, 2.24) is 0 Å². The number of hydrogen-bond acceptors (Lipinski definition) is 3. The van der Waals surface area contributed by atoms with E-state index in [0.29, 0.717) is 29.9 Å². The van der Waals surface area contributed by atoms with Gasteiger partial charge in [0.05, 0.1) is 12.7 Å². The first-order valence-corrected chi connectivity index (χ1v) is 7.24. The lowest BCUT2D eigenvalue weighted by atomic mass is 9.82. The molecule has 0 amide bonds. The zero-order valence-corrected chi connectivity index (χ0v) is 12.7. The molecule has 1 N–H and O–H groups in total. The van der Waals surface area contributed by atoms with Gasteiger partial charge in [0.25, 0.3) is 0 Å². The summed E-state index contributed by atoms with van der Waals surface area (Å²) in [5.41, 5.74) is 3.45. The van der Waals surface area contributed by atoms with Gasteiger partial charge < -0.3 is 9.84 Å². The molecule has 1 atom stereocenters. The van der Waals surface area contributed by atoms with Gasteiger partial charge in [-0.15, -0.1) is 0 Å². The molecule has 0 radical (unpaired) electrons. The highest BCUT2D eigenvalue weighted by molar-refractivity contribution is 5.81. The Morgan fingerprint density at radius 2 is 2.29 bits per heavy atom. The molecular formula is C18H22O3. The zero-order valence-electron chi connectivity index (χ0n) is 12.7. The van der Waals surface area contributed by atoms with Crippen LogP contribution in [0.2, 0.25) is 0 Å². The quantitative estimate of drug-likeness (QED) is 0.656. The Morgan fingerprint density at radius 1 is 1.52 bits per heavy atom. The van der Waals surface area contributed by atoms with Crippen LogP contribution in [0.1, 0.15) is 42.1 Å². The third kappa shape index (κ3) is 3.35. The van der Waals surface area contributed by atoms with Crippen LogP contribution >= 0.6 is 0 Å². The number of phenols is 1. The average molecular weight is 286 g/mol. The fourth-order valence-electron chi connectivity index (χ4n) is 2.80. The van der Waals surface area contributed by atoms with Crippen molar-refractivity contribution >= 4 is 6.29 Å². The van der Waals surface area contributed by atoms with E-state index in [0.717, 1.165) is 24.8 Å². The monoisotopic (exact) mass is 286 g/mol. The molecule has 0 aliphatic heterocycles. The molecule has 0 saturated carbocycles. The number of phenolic OH excluding ortho intramolecular Hbond substituents is 1. The molecule has 1 aliphatic rings. The third-order valence-electron chi connectivity index (χ3n) is 4.24. The van der Waals surface area contributed by atoms with Crippen molar-refractivity contribution in [3.05, 3.63) is 47.1 Å². The predicted octanol–water partition coefficient (Wildman–Crippen LogP) is 4.06. The summed E-state index contributed by atoms with van der Waals surface area (Å²) in [6, 6.07) is 3.29. The van der Waals surface area contributed by atoms with Gasteiger partial charge in [0.2, 0.25) is 0 Å². The number of allylic oxidation sites excluding steroid dienone is 3. The van der Waals surface area contributed by atoms with Crippen LogP contribution in [0.3, 0.4) is 0 Å². The lowest BCUT2D eigenvalue weighted by Gasteiger charge is -2.23. The minimum absolute atomic E-state index is 0.00744. The molecule has 1 aromatic rings. The van der Waals surface area contributed by atoms with Gasteiger partial charge in [-0.25, -0.2) is 0 Å². The van der Waals surface area contributed by atoms with Gasteiger partial charge in [-0.1, -0.05) is 23.8 Å². The summed E-state index contributed by atoms with van der Waals surface area (Å²) in [5.74, 6) is 1.03. The molecule has 21 heavy (non-hydrogen) atoms. The standard InChI is InChI=1S/C18H22O3/c1-12-4-6-14(7-5-12)13(2)10-16-17(21-3)9-8-15(11-19)18(16)20/h4,8-9,11,14,20H,2,5-7,10H2,1,3H3/t14-/m0/s1. The number of rotatable bonds is 5. The van der Waals surface area contributed by atoms with E-state index >= 15 is 0 Å². The van der Waals surface area contributed by atoms with Crippen molar-refractivity contribution < 1.29 is 14.6 Å². The van der Waals surface area contributed by atoms with E-state index in [1.165, 1.54) is 5.57 Å². The summed E-state index contributed by atoms with van der Waals surface area (Å²) >= 11 is 0. The van der Waals surface area contributed by atoms with Crippen molar-refractivity contribution in [2.24, 2.45) is 5.92 Å². The molecule has 112 valence electrons. The van der Waals surface area contributed by atoms with E-state index in [1.807, 2.05) is 0 Å². The van der Waals surface area contributed by atoms with Crippen LogP contribution in [-0.2, 0) is 6.42 Å². The van der Waals surface area contributed by atoms with Crippen LogP contribution < -0.4 is 4.74 Å². The number of carbonyl (C=O) groups excluding carboxylic acids is 1. The average Bonchev–Trinajstić information content (AvgIpc) is 2.49. The molecule has 2 rings (SSSR count). The smallest absolute Gasteiger partial charge is 0.153 e. The number of ether oxygens (including phenoxy) is 1. The highest BCUT2D eigenvalue weighted by Gasteiger charge is 2.20. The number of aromatic hydroxyl groups is 1. The lowest BCUT2D eigenvalue weighted by molar-refractivity contribution is 0.112. The first kappa shape index (κ1) is 15.4. The summed E-state index contributed by atoms with van der Waals surface area (Å²) in [4.78, 5) is 11.0. The van der Waals surface area contributed by atoms with Crippen molar-refractivity contribution in [2.45, 2.75) is 32.6 Å². The Labute approximate surface area is 125 Å². The largest absolute Gasteiger partial charge is 0.507 e. The minimum atomic E-state index is 0.00744. The van der Waals surface area contributed by atoms with Crippen LogP contribution in [0.5, 0.6) is 11.5 Å². The Hall–Kier alpha value is -2.03. The topological polar surface area (TPSA) is 46.5 Å². The molecule has 0 saturated heterocycles. The second kappa shape index (κ2) is 6.61. The molecule has 0 heterocycles. The molecule has 1 aromatic carbocycles. The fourth-order valence-corrected chi connectivity index (χ4v) is 2.80. The molecular weight excluding hydrogens is 264 g/mol. The first-order valence-electron chi connectivity index (χ1n) is 7.24. The van der Waals surface area contributed by atoms with Crippen LogP contribution in [-0.4, -0.2) is 18.5 Å². The van der Waals surface area contributed by atoms with E-state index in [9.17, 15) is 9.90 Å². The molecule has 1 aliphatic carbocycles. The van der Waals surface area contributed by atoms with Gasteiger partial charge in [-0.2, -0.15) is 0 Å². The summed E-state index contributed by atoms with van der Waals surface area (Å²) in [5, 5.41) is 10.2. The maximum absolute atomic E-state index is 11.0. The number of methoxy groups -OCH3 is 1. The molecule has 0 unspecified atom stereocenters. The summed E-state index contributed by atoms with van der Waals surface area (Å²) < 4.78 is 5.30. The minimum Gasteiger partial charge on any atom is -0.507 e. The number of aldehydes is 1. The third-order valence-corrected chi connectivity index (χ3v) is 4.24. The molecule has 0 bridgehead atoms. The molecule has 3 heteroatoms. The van der Waals surface area contributed by atoms with Crippen molar-refractivity contribution in [1.29, 1.82) is 0 Å². The fraction of sp³-hybridized carbons (Fsp3) is 0.389.